The highest BCUT2D eigenvalue weighted by atomic mass is 32.1. The fourth-order valence-electron chi connectivity index (χ4n) is 4.11. The number of aliphatic imine (C=N–C) groups is 1. The predicted molar refractivity (Wildman–Crippen MR) is 96.5 cm³/mol. The van der Waals surface area contributed by atoms with Crippen LogP contribution < -0.4 is 5.32 Å². The van der Waals surface area contributed by atoms with Crippen LogP contribution in [0, 0.1) is 5.92 Å². The number of thiazole rings is 1. The minimum absolute atomic E-state index is 0.0989. The van der Waals surface area contributed by atoms with Crippen LogP contribution in [0.25, 0.3) is 10.4 Å². The van der Waals surface area contributed by atoms with Gasteiger partial charge in [-0.3, -0.25) is 10.2 Å². The third kappa shape index (κ3) is 2.41. The number of rotatable bonds is 2. The van der Waals surface area contributed by atoms with E-state index in [0.29, 0.717) is 11.9 Å². The van der Waals surface area contributed by atoms with E-state index in [2.05, 4.69) is 32.3 Å². The second-order valence-electron chi connectivity index (χ2n) is 6.86. The first-order chi connectivity index (χ1) is 11.8. The number of nitrogens with zero attached hydrogens (tertiary/aromatic N) is 3. The largest absolute Gasteiger partial charge is 0.455 e. The highest BCUT2D eigenvalue weighted by Gasteiger charge is 2.51. The maximum Gasteiger partial charge on any atom is 0.291 e. The van der Waals surface area contributed by atoms with Crippen molar-refractivity contribution in [2.24, 2.45) is 10.9 Å². The highest BCUT2D eigenvalue weighted by Crippen LogP contribution is 2.41. The lowest BCUT2D eigenvalue weighted by atomic mass is 9.75. The van der Waals surface area contributed by atoms with Crippen LogP contribution in [0.1, 0.15) is 12.8 Å². The Hall–Kier alpha value is -1.92. The van der Waals surface area contributed by atoms with Crippen LogP contribution in [0.15, 0.2) is 41.5 Å². The van der Waals surface area contributed by atoms with E-state index in [-0.39, 0.29) is 5.60 Å². The molecule has 1 aromatic carbocycles. The molecule has 4 aliphatic heterocycles. The van der Waals surface area contributed by atoms with Gasteiger partial charge >= 0.3 is 0 Å². The Kier molecular flexibility index (Phi) is 3.35. The zero-order valence-electron chi connectivity index (χ0n) is 13.4. The number of benzene rings is 1. The van der Waals surface area contributed by atoms with Gasteiger partial charge in [-0.1, -0.05) is 41.7 Å². The summed E-state index contributed by atoms with van der Waals surface area (Å²) >= 11 is 1.63. The normalized spacial score (nSPS) is 31.1. The molecule has 5 nitrogen and oxygen atoms in total. The van der Waals surface area contributed by atoms with Crippen LogP contribution in [0.5, 0.6) is 0 Å². The van der Waals surface area contributed by atoms with Gasteiger partial charge in [-0.15, -0.1) is 0 Å². The van der Waals surface area contributed by atoms with Gasteiger partial charge in [0.1, 0.15) is 5.60 Å². The summed E-state index contributed by atoms with van der Waals surface area (Å²) in [6, 6.07) is 11.0. The summed E-state index contributed by atoms with van der Waals surface area (Å²) in [5.74, 6) is 0.640. The minimum atomic E-state index is -0.0989. The van der Waals surface area contributed by atoms with Gasteiger partial charge in [0.05, 0.1) is 11.4 Å². The Morgan fingerprint density at radius 2 is 2.04 bits per heavy atom. The number of nitrogens with one attached hydrogen (secondary N) is 1. The maximum atomic E-state index is 6.31. The van der Waals surface area contributed by atoms with Crippen LogP contribution in [-0.4, -0.2) is 47.7 Å². The van der Waals surface area contributed by atoms with Gasteiger partial charge < -0.3 is 4.74 Å². The number of hydrogen-bond donors (Lipinski definition) is 1. The lowest BCUT2D eigenvalue weighted by Gasteiger charge is -2.50. The molecule has 2 bridgehead atoms. The zero-order valence-corrected chi connectivity index (χ0v) is 14.3. The summed E-state index contributed by atoms with van der Waals surface area (Å²) in [4.78, 5) is 12.8. The van der Waals surface area contributed by atoms with Crippen LogP contribution in [-0.2, 0) is 4.74 Å². The van der Waals surface area contributed by atoms with Crippen molar-refractivity contribution in [2.75, 3.05) is 31.5 Å². The van der Waals surface area contributed by atoms with Gasteiger partial charge in [0.25, 0.3) is 6.02 Å². The van der Waals surface area contributed by atoms with Crippen molar-refractivity contribution in [3.05, 3.63) is 36.5 Å². The molecule has 1 N–H and O–H groups in total. The summed E-state index contributed by atoms with van der Waals surface area (Å²) in [6.07, 6.45) is 4.37. The molecule has 0 radical (unpaired) electrons. The van der Waals surface area contributed by atoms with Gasteiger partial charge in [0, 0.05) is 18.7 Å². The molecule has 5 heterocycles. The van der Waals surface area contributed by atoms with E-state index in [0.717, 1.165) is 23.1 Å². The molecule has 1 spiro atoms. The molecule has 6 heteroatoms. The molecule has 3 saturated heterocycles. The van der Waals surface area contributed by atoms with E-state index in [1.165, 1.54) is 31.5 Å². The molecule has 0 aliphatic carbocycles. The number of piperidine rings is 3. The van der Waals surface area contributed by atoms with Crippen LogP contribution in [0.3, 0.4) is 0 Å². The summed E-state index contributed by atoms with van der Waals surface area (Å²) in [6.45, 7) is 4.21. The summed E-state index contributed by atoms with van der Waals surface area (Å²) < 4.78 is 6.31. The number of aromatic nitrogens is 1. The van der Waals surface area contributed by atoms with Gasteiger partial charge in [-0.05, 0) is 31.5 Å². The van der Waals surface area contributed by atoms with E-state index in [9.17, 15) is 0 Å². The highest BCUT2D eigenvalue weighted by molar-refractivity contribution is 7.19. The summed E-state index contributed by atoms with van der Waals surface area (Å²) in [5, 5.41) is 4.12. The third-order valence-electron chi connectivity index (χ3n) is 5.39. The number of fused-ring (bicyclic) bond motifs is 2. The minimum Gasteiger partial charge on any atom is -0.455 e. The van der Waals surface area contributed by atoms with E-state index in [1.807, 2.05) is 24.4 Å². The van der Waals surface area contributed by atoms with Crippen molar-refractivity contribution in [1.29, 1.82) is 0 Å². The van der Waals surface area contributed by atoms with Crippen molar-refractivity contribution >= 4 is 22.5 Å². The number of amidine groups is 1. The quantitative estimate of drug-likeness (QED) is 0.913. The first kappa shape index (κ1) is 14.4. The molecule has 4 aliphatic rings. The van der Waals surface area contributed by atoms with E-state index in [1.54, 1.807) is 11.3 Å². The van der Waals surface area contributed by atoms with Crippen molar-refractivity contribution in [2.45, 2.75) is 18.4 Å². The Morgan fingerprint density at radius 3 is 2.79 bits per heavy atom. The summed E-state index contributed by atoms with van der Waals surface area (Å²) in [7, 11) is 0. The standard InChI is InChI=1S/C18H20N4OS/c1-2-4-13(5-3-1)15-10-19-17(24-15)21-16-20-11-18(23-16)12-22-8-6-14(18)7-9-22/h1-5,10,14H,6-9,11-12H2,(H,19,20,21)/t18-/m1/s1. The molecular formula is C18H20N4OS. The molecule has 2 aromatic rings. The van der Waals surface area contributed by atoms with E-state index >= 15 is 0 Å². The monoisotopic (exact) mass is 340 g/mol. The lowest BCUT2D eigenvalue weighted by Crippen LogP contribution is -2.61. The van der Waals surface area contributed by atoms with Crippen molar-refractivity contribution in [1.82, 2.24) is 9.88 Å². The first-order valence-electron chi connectivity index (χ1n) is 8.55. The third-order valence-corrected chi connectivity index (χ3v) is 6.35. The molecule has 1 aromatic heterocycles. The molecule has 124 valence electrons. The maximum absolute atomic E-state index is 6.31. The van der Waals surface area contributed by atoms with Crippen molar-refractivity contribution in [3.8, 4) is 10.4 Å². The Labute approximate surface area is 145 Å². The first-order valence-corrected chi connectivity index (χ1v) is 9.36. The fraction of sp³-hybridized carbons (Fsp3) is 0.444. The second kappa shape index (κ2) is 5.57. The van der Waals surface area contributed by atoms with Gasteiger partial charge in [-0.25, -0.2) is 9.98 Å². The molecule has 0 amide bonds. The molecule has 3 fully saturated rings. The van der Waals surface area contributed by atoms with Crippen LogP contribution in [0.4, 0.5) is 5.13 Å². The van der Waals surface area contributed by atoms with Crippen molar-refractivity contribution < 1.29 is 4.74 Å². The summed E-state index contributed by atoms with van der Waals surface area (Å²) in [5.41, 5.74) is 1.09. The molecule has 0 saturated carbocycles. The number of anilines is 1. The molecule has 1 atom stereocenters. The van der Waals surface area contributed by atoms with Gasteiger partial charge in [0.2, 0.25) is 0 Å². The van der Waals surface area contributed by atoms with Gasteiger partial charge in [0.15, 0.2) is 5.13 Å². The van der Waals surface area contributed by atoms with Gasteiger partial charge in [-0.2, -0.15) is 0 Å². The molecular weight excluding hydrogens is 320 g/mol. The van der Waals surface area contributed by atoms with E-state index < -0.39 is 0 Å². The van der Waals surface area contributed by atoms with E-state index in [4.69, 9.17) is 4.74 Å². The Bertz CT molecular complexity index is 766. The molecule has 6 rings (SSSR count). The average Bonchev–Trinajstić information content (AvgIpc) is 3.25. The predicted octanol–water partition coefficient (Wildman–Crippen LogP) is 3.07. The second-order valence-corrected chi connectivity index (χ2v) is 7.89. The average molecular weight is 340 g/mol. The molecule has 0 unspecified atom stereocenters. The lowest BCUT2D eigenvalue weighted by molar-refractivity contribution is -0.0829. The van der Waals surface area contributed by atoms with Crippen molar-refractivity contribution in [3.63, 3.8) is 0 Å². The van der Waals surface area contributed by atoms with Crippen LogP contribution >= 0.6 is 11.3 Å². The number of ether oxygens (including phenoxy) is 1. The van der Waals surface area contributed by atoms with Crippen LogP contribution in [0.2, 0.25) is 0 Å². The Balaban J connectivity index is 1.29. The topological polar surface area (TPSA) is 49.8 Å². The zero-order chi connectivity index (χ0) is 16.0. The Morgan fingerprint density at radius 1 is 1.21 bits per heavy atom. The molecule has 24 heavy (non-hydrogen) atoms. The number of hydrogen-bond acceptors (Lipinski definition) is 6. The smallest absolute Gasteiger partial charge is 0.291 e. The SMILES string of the molecule is c1ccc(-c2cnc(NC3=NC[C@]4(CN5CCC4CC5)O3)s2)cc1. The fourth-order valence-corrected chi connectivity index (χ4v) is 4.92.